The van der Waals surface area contributed by atoms with Gasteiger partial charge in [-0.25, -0.2) is 4.98 Å². The van der Waals surface area contributed by atoms with Gasteiger partial charge >= 0.3 is 5.82 Å². The minimum absolute atomic E-state index is 0. The van der Waals surface area contributed by atoms with E-state index in [1.165, 1.54) is 12.1 Å². The quantitative estimate of drug-likeness (QED) is 0.652. The molecule has 2 atom stereocenters. The molecule has 7 nitrogen and oxygen atoms in total. The molecule has 1 amide bonds. The zero-order chi connectivity index (χ0) is 14.0. The van der Waals surface area contributed by atoms with Crippen LogP contribution in [0.2, 0.25) is 0 Å². The van der Waals surface area contributed by atoms with Gasteiger partial charge < -0.3 is 20.7 Å². The van der Waals surface area contributed by atoms with E-state index in [1.807, 2.05) is 6.92 Å². The topological polar surface area (TPSA) is 105 Å². The Balaban J connectivity index is 0.00000200. The van der Waals surface area contributed by atoms with Gasteiger partial charge in [-0.2, -0.15) is 0 Å². The maximum absolute atomic E-state index is 12.2. The molecule has 8 heteroatoms. The smallest absolute Gasteiger partial charge is 0.321 e. The molecule has 0 spiro atoms. The largest absolute Gasteiger partial charge is 0.358 e. The van der Waals surface area contributed by atoms with Crippen LogP contribution >= 0.6 is 12.4 Å². The maximum atomic E-state index is 12.2. The molecule has 1 aromatic heterocycles. The molecule has 1 aliphatic heterocycles. The number of likely N-dealkylation sites (tertiary alicyclic amines) is 1. The lowest BCUT2D eigenvalue weighted by Gasteiger charge is -2.34. The van der Waals surface area contributed by atoms with Gasteiger partial charge in [0, 0.05) is 25.2 Å². The molecule has 2 rings (SSSR count). The van der Waals surface area contributed by atoms with Gasteiger partial charge in [-0.15, -0.1) is 12.4 Å². The molecule has 0 saturated carbocycles. The van der Waals surface area contributed by atoms with Crippen LogP contribution in [-0.2, 0) is 0 Å². The van der Waals surface area contributed by atoms with Gasteiger partial charge in [0.15, 0.2) is 5.69 Å². The van der Waals surface area contributed by atoms with E-state index >= 15 is 0 Å². The van der Waals surface area contributed by atoms with Crippen LogP contribution in [-0.4, -0.2) is 39.8 Å². The van der Waals surface area contributed by atoms with Gasteiger partial charge in [0.05, 0.1) is 0 Å². The second-order valence-corrected chi connectivity index (χ2v) is 5.03. The number of nitrogens with two attached hydrogens (primary N) is 1. The summed E-state index contributed by atoms with van der Waals surface area (Å²) in [5, 5.41) is 10.6. The van der Waals surface area contributed by atoms with E-state index in [0.717, 1.165) is 12.8 Å². The van der Waals surface area contributed by atoms with Gasteiger partial charge in [0.25, 0.3) is 5.91 Å². The Morgan fingerprint density at radius 1 is 1.60 bits per heavy atom. The Kier molecular flexibility index (Phi) is 5.52. The molecule has 20 heavy (non-hydrogen) atoms. The summed E-state index contributed by atoms with van der Waals surface area (Å²) in [5.41, 5.74) is 6.14. The fraction of sp³-hybridized carbons (Fsp3) is 0.583. The maximum Gasteiger partial charge on any atom is 0.321 e. The summed E-state index contributed by atoms with van der Waals surface area (Å²) < 4.78 is 0. The number of nitrogens with one attached hydrogen (secondary N) is 1. The third-order valence-electron chi connectivity index (χ3n) is 3.59. The van der Waals surface area contributed by atoms with Gasteiger partial charge in [-0.05, 0) is 36.7 Å². The van der Waals surface area contributed by atoms with Gasteiger partial charge in [-0.3, -0.25) is 4.79 Å². The van der Waals surface area contributed by atoms with Crippen LogP contribution < -0.4 is 5.73 Å². The lowest BCUT2D eigenvalue weighted by Crippen LogP contribution is -2.45. The number of amides is 1. The van der Waals surface area contributed by atoms with E-state index in [9.17, 15) is 14.9 Å². The summed E-state index contributed by atoms with van der Waals surface area (Å²) in [6, 6.07) is 2.81. The van der Waals surface area contributed by atoms with E-state index in [4.69, 9.17) is 5.73 Å². The normalized spacial score (nSPS) is 20.1. The molecule has 3 N–H and O–H groups in total. The number of nitrogens with zero attached hydrogens (tertiary/aromatic N) is 2. The molecule has 2 heterocycles. The molecular formula is C12H19ClN4O3. The highest BCUT2D eigenvalue weighted by Gasteiger charge is 2.28. The van der Waals surface area contributed by atoms with Crippen LogP contribution in [0.3, 0.4) is 0 Å². The highest BCUT2D eigenvalue weighted by Crippen LogP contribution is 2.21. The number of aromatic nitrogens is 1. The second-order valence-electron chi connectivity index (χ2n) is 5.03. The number of rotatable bonds is 3. The fourth-order valence-corrected chi connectivity index (χ4v) is 2.41. The van der Waals surface area contributed by atoms with Crippen molar-refractivity contribution in [3.8, 4) is 0 Å². The Hall–Kier alpha value is -1.60. The summed E-state index contributed by atoms with van der Waals surface area (Å²) in [7, 11) is 0. The first-order valence-electron chi connectivity index (χ1n) is 6.37. The minimum Gasteiger partial charge on any atom is -0.358 e. The SMILES string of the molecule is CC(N)C1CCCN(C(=O)c2ccc([N+](=O)[O-])[nH]2)C1.Cl. The van der Waals surface area contributed by atoms with Crippen molar-refractivity contribution in [1.29, 1.82) is 0 Å². The number of piperidine rings is 1. The molecule has 0 bridgehead atoms. The van der Waals surface area contributed by atoms with Gasteiger partial charge in [0.2, 0.25) is 0 Å². The molecule has 0 aromatic carbocycles. The van der Waals surface area contributed by atoms with E-state index in [-0.39, 0.29) is 35.9 Å². The number of hydrogen-bond donors (Lipinski definition) is 2. The molecule has 2 unspecified atom stereocenters. The molecule has 0 radical (unpaired) electrons. The number of carbonyl (C=O) groups excluding carboxylic acids is 1. The Morgan fingerprint density at radius 3 is 2.85 bits per heavy atom. The van der Waals surface area contributed by atoms with Crippen molar-refractivity contribution in [2.24, 2.45) is 11.7 Å². The average molecular weight is 303 g/mol. The Morgan fingerprint density at radius 2 is 2.30 bits per heavy atom. The third kappa shape index (κ3) is 3.49. The fourth-order valence-electron chi connectivity index (χ4n) is 2.41. The Bertz CT molecular complexity index is 489. The molecule has 0 aliphatic carbocycles. The summed E-state index contributed by atoms with van der Waals surface area (Å²) in [4.78, 5) is 26.5. The van der Waals surface area contributed by atoms with Crippen molar-refractivity contribution in [2.75, 3.05) is 13.1 Å². The number of aromatic amines is 1. The van der Waals surface area contributed by atoms with Crippen LogP contribution in [0.5, 0.6) is 0 Å². The average Bonchev–Trinajstić information content (AvgIpc) is 2.87. The highest BCUT2D eigenvalue weighted by atomic mass is 35.5. The zero-order valence-corrected chi connectivity index (χ0v) is 12.1. The van der Waals surface area contributed by atoms with Crippen molar-refractivity contribution >= 4 is 24.1 Å². The van der Waals surface area contributed by atoms with Crippen molar-refractivity contribution in [3.63, 3.8) is 0 Å². The van der Waals surface area contributed by atoms with Crippen LogP contribution in [0.4, 0.5) is 5.82 Å². The first-order chi connectivity index (χ1) is 8.99. The lowest BCUT2D eigenvalue weighted by atomic mass is 9.92. The molecular weight excluding hydrogens is 284 g/mol. The van der Waals surface area contributed by atoms with Crippen LogP contribution in [0.15, 0.2) is 12.1 Å². The second kappa shape index (κ2) is 6.71. The first kappa shape index (κ1) is 16.5. The molecule has 1 fully saturated rings. The van der Waals surface area contributed by atoms with Crippen molar-refractivity contribution in [3.05, 3.63) is 27.9 Å². The minimum atomic E-state index is -0.544. The summed E-state index contributed by atoms with van der Waals surface area (Å²) in [6.45, 7) is 3.23. The van der Waals surface area contributed by atoms with Crippen molar-refractivity contribution < 1.29 is 9.72 Å². The standard InChI is InChI=1S/C12H18N4O3.ClH/c1-8(13)9-3-2-6-15(7-9)12(17)10-4-5-11(14-10)16(18)19;/h4-5,8-9,14H,2-3,6-7,13H2,1H3;1H. The van der Waals surface area contributed by atoms with E-state index < -0.39 is 4.92 Å². The highest BCUT2D eigenvalue weighted by molar-refractivity contribution is 5.93. The van der Waals surface area contributed by atoms with Gasteiger partial charge in [-0.1, -0.05) is 0 Å². The van der Waals surface area contributed by atoms with E-state index in [0.29, 0.717) is 19.0 Å². The summed E-state index contributed by atoms with van der Waals surface area (Å²) in [5.74, 6) is -0.0646. The van der Waals surface area contributed by atoms with Crippen molar-refractivity contribution in [1.82, 2.24) is 9.88 Å². The lowest BCUT2D eigenvalue weighted by molar-refractivity contribution is -0.389. The molecule has 112 valence electrons. The van der Waals surface area contributed by atoms with Crippen molar-refractivity contribution in [2.45, 2.75) is 25.8 Å². The molecule has 1 saturated heterocycles. The van der Waals surface area contributed by atoms with E-state index in [2.05, 4.69) is 4.98 Å². The molecule has 1 aliphatic rings. The first-order valence-corrected chi connectivity index (χ1v) is 6.37. The van der Waals surface area contributed by atoms with Crippen LogP contribution in [0, 0.1) is 16.0 Å². The predicted octanol–water partition coefficient (Wildman–Crippen LogP) is 1.54. The van der Waals surface area contributed by atoms with Gasteiger partial charge in [0.1, 0.15) is 0 Å². The van der Waals surface area contributed by atoms with E-state index in [1.54, 1.807) is 4.90 Å². The summed E-state index contributed by atoms with van der Waals surface area (Å²) >= 11 is 0. The van der Waals surface area contributed by atoms with Crippen LogP contribution in [0.25, 0.3) is 0 Å². The van der Waals surface area contributed by atoms with Crippen LogP contribution in [0.1, 0.15) is 30.3 Å². The number of hydrogen-bond acceptors (Lipinski definition) is 4. The Labute approximate surface area is 123 Å². The number of carbonyl (C=O) groups is 1. The number of H-pyrrole nitrogens is 1. The molecule has 1 aromatic rings. The summed E-state index contributed by atoms with van der Waals surface area (Å²) in [6.07, 6.45) is 1.94. The predicted molar refractivity (Wildman–Crippen MR) is 77.0 cm³/mol. The number of nitro groups is 1. The number of halogens is 1. The third-order valence-corrected chi connectivity index (χ3v) is 3.59. The zero-order valence-electron chi connectivity index (χ0n) is 11.2. The monoisotopic (exact) mass is 302 g/mol.